The fourth-order valence-corrected chi connectivity index (χ4v) is 2.79. The van der Waals surface area contributed by atoms with Crippen molar-refractivity contribution in [2.45, 2.75) is 12.3 Å². The molecular formula is C14H22BrNOS. The van der Waals surface area contributed by atoms with Crippen LogP contribution in [0.2, 0.25) is 0 Å². The van der Waals surface area contributed by atoms with E-state index in [0.717, 1.165) is 24.2 Å². The summed E-state index contributed by atoms with van der Waals surface area (Å²) in [5.74, 6) is 1.77. The van der Waals surface area contributed by atoms with Crippen LogP contribution in [0.25, 0.3) is 0 Å². The monoisotopic (exact) mass is 331 g/mol. The van der Waals surface area contributed by atoms with Crippen molar-refractivity contribution in [1.82, 2.24) is 5.32 Å². The molecule has 1 rings (SSSR count). The Kier molecular flexibility index (Phi) is 8.76. The highest BCUT2D eigenvalue weighted by molar-refractivity contribution is 9.10. The lowest BCUT2D eigenvalue weighted by atomic mass is 9.96. The molecule has 1 aromatic rings. The molecule has 4 heteroatoms. The van der Waals surface area contributed by atoms with Crippen LogP contribution in [0.3, 0.4) is 0 Å². The summed E-state index contributed by atoms with van der Waals surface area (Å²) in [6, 6.07) is 8.63. The molecule has 0 aliphatic heterocycles. The van der Waals surface area contributed by atoms with E-state index in [1.54, 1.807) is 7.11 Å². The number of rotatable bonds is 9. The standard InChI is InChI=1S/C14H22BrNOS/c1-17-8-7-16-11-13(6-9-18-2)12-4-3-5-14(15)10-12/h3-5,10,13,16H,6-9,11H2,1-2H3. The zero-order valence-electron chi connectivity index (χ0n) is 11.1. The lowest BCUT2D eigenvalue weighted by molar-refractivity contribution is 0.199. The summed E-state index contributed by atoms with van der Waals surface area (Å²) in [6.45, 7) is 2.70. The highest BCUT2D eigenvalue weighted by Crippen LogP contribution is 2.23. The van der Waals surface area contributed by atoms with E-state index in [1.165, 1.54) is 17.7 Å². The Morgan fingerprint density at radius 2 is 2.28 bits per heavy atom. The van der Waals surface area contributed by atoms with Gasteiger partial charge in [-0.1, -0.05) is 28.1 Å². The van der Waals surface area contributed by atoms with Gasteiger partial charge in [0.25, 0.3) is 0 Å². The van der Waals surface area contributed by atoms with Crippen molar-refractivity contribution < 1.29 is 4.74 Å². The summed E-state index contributed by atoms with van der Waals surface area (Å²) in [7, 11) is 1.74. The van der Waals surface area contributed by atoms with Crippen LogP contribution in [0.15, 0.2) is 28.7 Å². The Hall–Kier alpha value is -0.0300. The fourth-order valence-electron chi connectivity index (χ4n) is 1.86. The minimum atomic E-state index is 0.576. The fraction of sp³-hybridized carbons (Fsp3) is 0.571. The Bertz CT molecular complexity index is 335. The zero-order valence-corrected chi connectivity index (χ0v) is 13.5. The highest BCUT2D eigenvalue weighted by atomic mass is 79.9. The van der Waals surface area contributed by atoms with Gasteiger partial charge in [0.1, 0.15) is 0 Å². The maximum Gasteiger partial charge on any atom is 0.0587 e. The van der Waals surface area contributed by atoms with Gasteiger partial charge in [-0.2, -0.15) is 11.8 Å². The predicted octanol–water partition coefficient (Wildman–Crippen LogP) is 3.52. The van der Waals surface area contributed by atoms with Gasteiger partial charge in [0.15, 0.2) is 0 Å². The Labute approximate surface area is 123 Å². The summed E-state index contributed by atoms with van der Waals surface area (Å²) in [5, 5.41) is 3.46. The Morgan fingerprint density at radius 1 is 1.44 bits per heavy atom. The normalized spacial score (nSPS) is 12.6. The molecule has 0 aromatic heterocycles. The van der Waals surface area contributed by atoms with Crippen molar-refractivity contribution in [1.29, 1.82) is 0 Å². The predicted molar refractivity (Wildman–Crippen MR) is 84.6 cm³/mol. The molecule has 18 heavy (non-hydrogen) atoms. The lowest BCUT2D eigenvalue weighted by Gasteiger charge is -2.18. The second-order valence-corrected chi connectivity index (χ2v) is 6.13. The summed E-state index contributed by atoms with van der Waals surface area (Å²) >= 11 is 5.45. The Morgan fingerprint density at radius 3 is 2.94 bits per heavy atom. The van der Waals surface area contributed by atoms with Crippen LogP contribution in [-0.4, -0.2) is 38.8 Å². The molecule has 0 fully saturated rings. The van der Waals surface area contributed by atoms with E-state index in [2.05, 4.69) is 51.8 Å². The third-order valence-electron chi connectivity index (χ3n) is 2.86. The molecular weight excluding hydrogens is 310 g/mol. The molecule has 102 valence electrons. The van der Waals surface area contributed by atoms with Crippen LogP contribution in [0, 0.1) is 0 Å². The van der Waals surface area contributed by atoms with E-state index in [0.29, 0.717) is 5.92 Å². The molecule has 0 aliphatic rings. The molecule has 0 bridgehead atoms. The lowest BCUT2D eigenvalue weighted by Crippen LogP contribution is -2.25. The molecule has 0 saturated carbocycles. The molecule has 0 aliphatic carbocycles. The van der Waals surface area contributed by atoms with Crippen molar-refractivity contribution in [3.8, 4) is 0 Å². The topological polar surface area (TPSA) is 21.3 Å². The molecule has 0 saturated heterocycles. The summed E-state index contributed by atoms with van der Waals surface area (Å²) < 4.78 is 6.21. The van der Waals surface area contributed by atoms with E-state index in [4.69, 9.17) is 4.74 Å². The number of ether oxygens (including phenoxy) is 1. The van der Waals surface area contributed by atoms with Gasteiger partial charge < -0.3 is 10.1 Å². The molecule has 1 atom stereocenters. The van der Waals surface area contributed by atoms with Crippen molar-refractivity contribution in [3.63, 3.8) is 0 Å². The smallest absolute Gasteiger partial charge is 0.0587 e. The van der Waals surface area contributed by atoms with E-state index >= 15 is 0 Å². The molecule has 2 nitrogen and oxygen atoms in total. The second kappa shape index (κ2) is 9.84. The summed E-state index contributed by atoms with van der Waals surface area (Å²) in [6.07, 6.45) is 3.37. The number of hydrogen-bond acceptors (Lipinski definition) is 3. The third kappa shape index (κ3) is 6.23. The van der Waals surface area contributed by atoms with Gasteiger partial charge in [-0.25, -0.2) is 0 Å². The van der Waals surface area contributed by atoms with Gasteiger partial charge in [0, 0.05) is 24.7 Å². The van der Waals surface area contributed by atoms with Crippen molar-refractivity contribution in [2.24, 2.45) is 0 Å². The minimum absolute atomic E-state index is 0.576. The van der Waals surface area contributed by atoms with Crippen LogP contribution >= 0.6 is 27.7 Å². The number of halogens is 1. The van der Waals surface area contributed by atoms with Crippen LogP contribution in [0.5, 0.6) is 0 Å². The van der Waals surface area contributed by atoms with Crippen LogP contribution < -0.4 is 5.32 Å². The largest absolute Gasteiger partial charge is 0.383 e. The molecule has 1 N–H and O–H groups in total. The molecule has 0 spiro atoms. The van der Waals surface area contributed by atoms with E-state index in [-0.39, 0.29) is 0 Å². The van der Waals surface area contributed by atoms with Gasteiger partial charge in [-0.15, -0.1) is 0 Å². The number of hydrogen-bond donors (Lipinski definition) is 1. The average Bonchev–Trinajstić information content (AvgIpc) is 2.38. The van der Waals surface area contributed by atoms with Gasteiger partial charge in [-0.3, -0.25) is 0 Å². The Balaban J connectivity index is 2.54. The molecule has 1 aromatic carbocycles. The van der Waals surface area contributed by atoms with E-state index in [9.17, 15) is 0 Å². The van der Waals surface area contributed by atoms with Crippen LogP contribution in [0.1, 0.15) is 17.9 Å². The maximum absolute atomic E-state index is 5.06. The first-order chi connectivity index (χ1) is 8.77. The SMILES string of the molecule is COCCNCC(CCSC)c1cccc(Br)c1. The maximum atomic E-state index is 5.06. The quantitative estimate of drug-likeness (QED) is 0.699. The number of nitrogens with one attached hydrogen (secondary N) is 1. The number of methoxy groups -OCH3 is 1. The average molecular weight is 332 g/mol. The molecule has 0 amide bonds. The van der Waals surface area contributed by atoms with E-state index < -0.39 is 0 Å². The number of benzene rings is 1. The minimum Gasteiger partial charge on any atom is -0.383 e. The van der Waals surface area contributed by atoms with E-state index in [1.807, 2.05) is 11.8 Å². The molecule has 1 unspecified atom stereocenters. The van der Waals surface area contributed by atoms with Crippen molar-refractivity contribution >= 4 is 27.7 Å². The van der Waals surface area contributed by atoms with Gasteiger partial charge >= 0.3 is 0 Å². The van der Waals surface area contributed by atoms with Gasteiger partial charge in [-0.05, 0) is 42.0 Å². The number of thioether (sulfide) groups is 1. The summed E-state index contributed by atoms with van der Waals surface area (Å²) in [4.78, 5) is 0. The van der Waals surface area contributed by atoms with Crippen molar-refractivity contribution in [2.75, 3.05) is 38.8 Å². The van der Waals surface area contributed by atoms with Crippen LogP contribution in [0.4, 0.5) is 0 Å². The zero-order chi connectivity index (χ0) is 13.2. The first-order valence-corrected chi connectivity index (χ1v) is 8.40. The van der Waals surface area contributed by atoms with Crippen LogP contribution in [-0.2, 0) is 4.74 Å². The van der Waals surface area contributed by atoms with Gasteiger partial charge in [0.05, 0.1) is 6.61 Å². The first kappa shape index (κ1) is 16.0. The third-order valence-corrected chi connectivity index (χ3v) is 4.00. The summed E-state index contributed by atoms with van der Waals surface area (Å²) in [5.41, 5.74) is 1.41. The second-order valence-electron chi connectivity index (χ2n) is 4.23. The molecule has 0 heterocycles. The molecule has 0 radical (unpaired) electrons. The van der Waals surface area contributed by atoms with Crippen molar-refractivity contribution in [3.05, 3.63) is 34.3 Å². The highest BCUT2D eigenvalue weighted by Gasteiger charge is 2.11. The first-order valence-electron chi connectivity index (χ1n) is 6.22. The van der Waals surface area contributed by atoms with Gasteiger partial charge in [0.2, 0.25) is 0 Å².